The maximum absolute atomic E-state index is 12.6. The summed E-state index contributed by atoms with van der Waals surface area (Å²) in [6, 6.07) is 4.62. The van der Waals surface area contributed by atoms with E-state index in [-0.39, 0.29) is 10.7 Å². The number of halogens is 3. The molecule has 0 saturated carbocycles. The van der Waals surface area contributed by atoms with E-state index in [1.807, 2.05) is 0 Å². The summed E-state index contributed by atoms with van der Waals surface area (Å²) in [5.74, 6) is -0.466. The Labute approximate surface area is 106 Å². The van der Waals surface area contributed by atoms with Gasteiger partial charge in [-0.3, -0.25) is 4.79 Å². The van der Waals surface area contributed by atoms with Gasteiger partial charge in [-0.1, -0.05) is 12.1 Å². The summed E-state index contributed by atoms with van der Waals surface area (Å²) in [6.07, 6.45) is -4.44. The van der Waals surface area contributed by atoms with Crippen molar-refractivity contribution in [2.24, 2.45) is 0 Å². The van der Waals surface area contributed by atoms with Crippen LogP contribution in [-0.4, -0.2) is 11.0 Å². The first-order valence-corrected chi connectivity index (χ1v) is 5.45. The highest BCUT2D eigenvalue weighted by Gasteiger charge is 2.42. The molecule has 7 heteroatoms. The normalized spacial score (nSPS) is 23.8. The Morgan fingerprint density at radius 3 is 2.50 bits per heavy atom. The summed E-state index contributed by atoms with van der Waals surface area (Å²) < 4.78 is 37.8. The summed E-state index contributed by atoms with van der Waals surface area (Å²) >= 11 is 4.79. The summed E-state index contributed by atoms with van der Waals surface area (Å²) in [4.78, 5) is 11.7. The third-order valence-corrected chi connectivity index (χ3v) is 3.02. The van der Waals surface area contributed by atoms with Crippen molar-refractivity contribution in [2.45, 2.75) is 18.6 Å². The first kappa shape index (κ1) is 12.8. The number of nitrogens with one attached hydrogen (secondary N) is 2. The van der Waals surface area contributed by atoms with Crippen LogP contribution in [0.4, 0.5) is 13.2 Å². The highest BCUT2D eigenvalue weighted by Crippen LogP contribution is 2.32. The molecule has 0 spiro atoms. The molecule has 1 heterocycles. The van der Waals surface area contributed by atoms with Crippen molar-refractivity contribution in [3.05, 3.63) is 35.4 Å². The fraction of sp³-hybridized carbons (Fsp3) is 0.273. The molecule has 2 N–H and O–H groups in total. The van der Waals surface area contributed by atoms with Crippen LogP contribution in [0, 0.1) is 0 Å². The second-order valence-electron chi connectivity index (χ2n) is 4.11. The van der Waals surface area contributed by atoms with Crippen LogP contribution in [0.5, 0.6) is 0 Å². The fourth-order valence-corrected chi connectivity index (χ4v) is 2.05. The Bertz CT molecular complexity index is 529. The molecular formula is C11H9F3N2OS. The molecule has 0 radical (unpaired) electrons. The van der Waals surface area contributed by atoms with Gasteiger partial charge in [0.25, 0.3) is 5.91 Å². The van der Waals surface area contributed by atoms with E-state index in [1.54, 1.807) is 0 Å². The second kappa shape index (κ2) is 3.94. The maximum atomic E-state index is 12.6. The van der Waals surface area contributed by atoms with Crippen LogP contribution < -0.4 is 10.6 Å². The van der Waals surface area contributed by atoms with Crippen molar-refractivity contribution in [3.8, 4) is 0 Å². The van der Waals surface area contributed by atoms with E-state index in [1.165, 1.54) is 19.1 Å². The topological polar surface area (TPSA) is 41.1 Å². The average molecular weight is 274 g/mol. The van der Waals surface area contributed by atoms with Crippen molar-refractivity contribution in [1.29, 1.82) is 0 Å². The standard InChI is InChI=1S/C11H9F3N2OS/c1-10(8(17)15-9(18)16-10)6-3-2-4-7(5-6)11(12,13)14/h2-5H,1H3,(H2,15,16,17,18). The minimum Gasteiger partial charge on any atom is -0.345 e. The maximum Gasteiger partial charge on any atom is 0.416 e. The lowest BCUT2D eigenvalue weighted by molar-refractivity contribution is -0.137. The van der Waals surface area contributed by atoms with Gasteiger partial charge in [0.05, 0.1) is 5.56 Å². The first-order chi connectivity index (χ1) is 8.23. The zero-order chi connectivity index (χ0) is 13.6. The SMILES string of the molecule is CC1(c2cccc(C(F)(F)F)c2)NC(=S)NC1=O. The fourth-order valence-electron chi connectivity index (χ4n) is 1.75. The molecule has 3 nitrogen and oxygen atoms in total. The Hall–Kier alpha value is -1.63. The molecule has 1 amide bonds. The monoisotopic (exact) mass is 274 g/mol. The minimum atomic E-state index is -4.44. The molecule has 1 aliphatic rings. The Morgan fingerprint density at radius 1 is 1.33 bits per heavy atom. The van der Waals surface area contributed by atoms with E-state index in [0.29, 0.717) is 0 Å². The van der Waals surface area contributed by atoms with Crippen LogP contribution in [0.25, 0.3) is 0 Å². The molecule has 0 aromatic heterocycles. The Kier molecular flexibility index (Phi) is 2.81. The molecule has 1 atom stereocenters. The predicted molar refractivity (Wildman–Crippen MR) is 62.7 cm³/mol. The molecule has 0 aliphatic carbocycles. The first-order valence-electron chi connectivity index (χ1n) is 5.05. The van der Waals surface area contributed by atoms with Gasteiger partial charge in [-0.2, -0.15) is 13.2 Å². The van der Waals surface area contributed by atoms with Crippen molar-refractivity contribution in [3.63, 3.8) is 0 Å². The summed E-state index contributed by atoms with van der Waals surface area (Å²) in [5, 5.41) is 5.15. The molecule has 96 valence electrons. The number of amides is 1. The molecule has 1 aromatic carbocycles. The highest BCUT2D eigenvalue weighted by atomic mass is 32.1. The molecule has 1 fully saturated rings. The van der Waals surface area contributed by atoms with Gasteiger partial charge in [-0.15, -0.1) is 0 Å². The number of carbonyl (C=O) groups excluding carboxylic acids is 1. The third-order valence-electron chi connectivity index (χ3n) is 2.81. The van der Waals surface area contributed by atoms with E-state index >= 15 is 0 Å². The van der Waals surface area contributed by atoms with Crippen molar-refractivity contribution < 1.29 is 18.0 Å². The van der Waals surface area contributed by atoms with Crippen molar-refractivity contribution in [1.82, 2.24) is 10.6 Å². The van der Waals surface area contributed by atoms with E-state index < -0.39 is 23.2 Å². The van der Waals surface area contributed by atoms with Gasteiger partial charge in [0, 0.05) is 0 Å². The smallest absolute Gasteiger partial charge is 0.345 e. The van der Waals surface area contributed by atoms with Crippen LogP contribution in [0.3, 0.4) is 0 Å². The molecule has 1 aliphatic heterocycles. The molecule has 2 rings (SSSR count). The number of rotatable bonds is 1. The summed E-state index contributed by atoms with van der Waals surface area (Å²) in [5.41, 5.74) is -1.85. The number of thiocarbonyl (C=S) groups is 1. The Balaban J connectivity index is 2.46. The zero-order valence-corrected chi connectivity index (χ0v) is 10.1. The molecule has 1 unspecified atom stereocenters. The van der Waals surface area contributed by atoms with Gasteiger partial charge in [0.15, 0.2) is 5.11 Å². The van der Waals surface area contributed by atoms with Crippen LogP contribution in [0.1, 0.15) is 18.1 Å². The average Bonchev–Trinajstić information content (AvgIpc) is 2.53. The number of hydrogen-bond acceptors (Lipinski definition) is 2. The lowest BCUT2D eigenvalue weighted by atomic mass is 9.91. The van der Waals surface area contributed by atoms with Gasteiger partial charge >= 0.3 is 6.18 Å². The molecule has 1 saturated heterocycles. The predicted octanol–water partition coefficient (Wildman–Crippen LogP) is 1.92. The van der Waals surface area contributed by atoms with Gasteiger partial charge in [-0.05, 0) is 36.8 Å². The van der Waals surface area contributed by atoms with Crippen molar-refractivity contribution in [2.75, 3.05) is 0 Å². The third kappa shape index (κ3) is 2.05. The Morgan fingerprint density at radius 2 is 2.00 bits per heavy atom. The molecule has 1 aromatic rings. The summed E-state index contributed by atoms with van der Waals surface area (Å²) in [6.45, 7) is 1.48. The zero-order valence-electron chi connectivity index (χ0n) is 9.26. The molecule has 0 bridgehead atoms. The van der Waals surface area contributed by atoms with Crippen LogP contribution in [-0.2, 0) is 16.5 Å². The van der Waals surface area contributed by atoms with Gasteiger partial charge < -0.3 is 10.6 Å². The largest absolute Gasteiger partial charge is 0.416 e. The van der Waals surface area contributed by atoms with E-state index in [2.05, 4.69) is 10.6 Å². The van der Waals surface area contributed by atoms with Gasteiger partial charge in [0.1, 0.15) is 5.54 Å². The van der Waals surface area contributed by atoms with E-state index in [9.17, 15) is 18.0 Å². The quantitative estimate of drug-likeness (QED) is 0.769. The van der Waals surface area contributed by atoms with E-state index in [4.69, 9.17) is 12.2 Å². The number of carbonyl (C=O) groups is 1. The van der Waals surface area contributed by atoms with Gasteiger partial charge in [0.2, 0.25) is 0 Å². The van der Waals surface area contributed by atoms with Gasteiger partial charge in [-0.25, -0.2) is 0 Å². The number of alkyl halides is 3. The number of hydrogen-bond donors (Lipinski definition) is 2. The molecule has 18 heavy (non-hydrogen) atoms. The minimum absolute atomic E-state index is 0.111. The highest BCUT2D eigenvalue weighted by molar-refractivity contribution is 7.80. The lowest BCUT2D eigenvalue weighted by Gasteiger charge is -2.22. The van der Waals surface area contributed by atoms with E-state index in [0.717, 1.165) is 12.1 Å². The molecular weight excluding hydrogens is 265 g/mol. The second-order valence-corrected chi connectivity index (χ2v) is 4.52. The van der Waals surface area contributed by atoms with Crippen LogP contribution in [0.2, 0.25) is 0 Å². The summed E-state index contributed by atoms with van der Waals surface area (Å²) in [7, 11) is 0. The van der Waals surface area contributed by atoms with Crippen molar-refractivity contribution >= 4 is 23.2 Å². The van der Waals surface area contributed by atoms with Crippen LogP contribution in [0.15, 0.2) is 24.3 Å². The number of benzene rings is 1. The van der Waals surface area contributed by atoms with Crippen LogP contribution >= 0.6 is 12.2 Å². The lowest BCUT2D eigenvalue weighted by Crippen LogP contribution is -2.40.